The van der Waals surface area contributed by atoms with Crippen molar-refractivity contribution < 1.29 is 42.7 Å². The van der Waals surface area contributed by atoms with E-state index < -0.39 is 38.6 Å². The van der Waals surface area contributed by atoms with Crippen LogP contribution in [0.2, 0.25) is 0 Å². The lowest BCUT2D eigenvalue weighted by Crippen LogP contribution is -2.29. The fourth-order valence-electron chi connectivity index (χ4n) is 6.33. The van der Waals surface area contributed by atoms with Gasteiger partial charge in [-0.2, -0.15) is 0 Å². The predicted octanol–water partition coefficient (Wildman–Crippen LogP) is 12.5. The van der Waals surface area contributed by atoms with Gasteiger partial charge in [0.15, 0.2) is 6.10 Å². The first-order valence-corrected chi connectivity index (χ1v) is 24.7. The Kier molecular flexibility index (Phi) is 41.5. The number of nitrogens with two attached hydrogens (primary N) is 1. The van der Waals surface area contributed by atoms with E-state index >= 15 is 0 Å². The number of carbonyl (C=O) groups is 2. The number of aliphatic hydroxyl groups excluding tert-OH is 1. The summed E-state index contributed by atoms with van der Waals surface area (Å²) in [4.78, 5) is 34.9. The summed E-state index contributed by atoms with van der Waals surface area (Å²) < 4.78 is 32.7. The predicted molar refractivity (Wildman–Crippen MR) is 239 cm³/mol. The highest BCUT2D eigenvalue weighted by Gasteiger charge is 2.26. The van der Waals surface area contributed by atoms with E-state index in [1.807, 2.05) is 12.2 Å². The van der Waals surface area contributed by atoms with Crippen LogP contribution in [0, 0.1) is 0 Å². The molecule has 4 N–H and O–H groups in total. The van der Waals surface area contributed by atoms with Crippen LogP contribution in [0.5, 0.6) is 0 Å². The quantitative estimate of drug-likeness (QED) is 0.0178. The first-order valence-electron chi connectivity index (χ1n) is 23.2. The molecule has 0 heterocycles. The lowest BCUT2D eigenvalue weighted by Gasteiger charge is -2.20. The standard InChI is InChI=1S/C47H86NO9P/c1-3-5-7-9-11-13-15-17-18-19-20-21-22-24-26-28-30-32-34-38-46(50)54-42-45(43-56-58(52,53)55-41-40-48)57-47(51)39-35-37-44(49)36-33-31-29-27-25-23-16-14-12-10-8-6-4-2/h12,14,23,25,29,31,33,36,44-45,49H,3-11,13,15-22,24,26-28,30,32,34-35,37-43,48H2,1-2H3,(H,52,53)/b14-12-,25-23-,31-29-,36-33+/t44-,45+/m0/s1. The number of phosphoric acid groups is 1. The molecule has 0 rings (SSSR count). The second-order valence-electron chi connectivity index (χ2n) is 15.5. The molecule has 0 fully saturated rings. The third-order valence-electron chi connectivity index (χ3n) is 9.82. The zero-order chi connectivity index (χ0) is 42.6. The van der Waals surface area contributed by atoms with Gasteiger partial charge in [-0.05, 0) is 44.9 Å². The highest BCUT2D eigenvalue weighted by atomic mass is 31.2. The van der Waals surface area contributed by atoms with E-state index in [0.29, 0.717) is 19.3 Å². The number of aliphatic hydroxyl groups is 1. The van der Waals surface area contributed by atoms with Crippen molar-refractivity contribution in [2.75, 3.05) is 26.4 Å². The number of allylic oxidation sites excluding steroid dienone is 7. The zero-order valence-electron chi connectivity index (χ0n) is 36.9. The van der Waals surface area contributed by atoms with Gasteiger partial charge in [-0.25, -0.2) is 4.57 Å². The summed E-state index contributed by atoms with van der Waals surface area (Å²) in [5.41, 5.74) is 5.34. The summed E-state index contributed by atoms with van der Waals surface area (Å²) in [6.07, 6.45) is 46.0. The van der Waals surface area contributed by atoms with Gasteiger partial charge >= 0.3 is 19.8 Å². The lowest BCUT2D eigenvalue weighted by molar-refractivity contribution is -0.161. The molecule has 11 heteroatoms. The van der Waals surface area contributed by atoms with Crippen LogP contribution >= 0.6 is 7.82 Å². The molecule has 0 aromatic carbocycles. The van der Waals surface area contributed by atoms with E-state index in [1.54, 1.807) is 12.2 Å². The Morgan fingerprint density at radius 1 is 0.603 bits per heavy atom. The van der Waals surface area contributed by atoms with Gasteiger partial charge in [0, 0.05) is 19.4 Å². The number of hydrogen-bond acceptors (Lipinski definition) is 9. The molecule has 10 nitrogen and oxygen atoms in total. The fourth-order valence-corrected chi connectivity index (χ4v) is 7.09. The van der Waals surface area contributed by atoms with Gasteiger partial charge in [0.1, 0.15) is 6.61 Å². The summed E-state index contributed by atoms with van der Waals surface area (Å²) >= 11 is 0. The maximum Gasteiger partial charge on any atom is 0.472 e. The zero-order valence-corrected chi connectivity index (χ0v) is 37.8. The van der Waals surface area contributed by atoms with Crippen molar-refractivity contribution in [2.24, 2.45) is 5.73 Å². The van der Waals surface area contributed by atoms with Gasteiger partial charge in [0.05, 0.1) is 19.3 Å². The van der Waals surface area contributed by atoms with E-state index in [0.717, 1.165) is 38.5 Å². The van der Waals surface area contributed by atoms with Crippen molar-refractivity contribution in [3.63, 3.8) is 0 Å². The molecule has 0 radical (unpaired) electrons. The summed E-state index contributed by atoms with van der Waals surface area (Å²) in [5, 5.41) is 10.3. The average Bonchev–Trinajstić information content (AvgIpc) is 3.20. The van der Waals surface area contributed by atoms with E-state index in [4.69, 9.17) is 24.3 Å². The SMILES string of the molecule is CCCCC/C=C\C/C=C\C/C=C\C=C\[C@H](O)CCCC(=O)O[C@H](COC(=O)CCCCCCCCCCCCCCCCCCCCC)COP(=O)(O)OCCN. The highest BCUT2D eigenvalue weighted by Crippen LogP contribution is 2.43. The van der Waals surface area contributed by atoms with Crippen LogP contribution in [0.15, 0.2) is 48.6 Å². The molecule has 0 aliphatic heterocycles. The van der Waals surface area contributed by atoms with Gasteiger partial charge in [-0.15, -0.1) is 0 Å². The Labute approximate surface area is 354 Å². The Morgan fingerprint density at radius 3 is 1.67 bits per heavy atom. The van der Waals surface area contributed by atoms with Gasteiger partial charge in [-0.3, -0.25) is 18.6 Å². The normalized spacial score (nSPS) is 14.2. The number of phosphoric ester groups is 1. The third-order valence-corrected chi connectivity index (χ3v) is 10.8. The second kappa shape index (κ2) is 43.0. The van der Waals surface area contributed by atoms with Crippen LogP contribution in [-0.2, 0) is 32.7 Å². The van der Waals surface area contributed by atoms with Gasteiger partial charge < -0.3 is 25.2 Å². The Morgan fingerprint density at radius 2 is 1.10 bits per heavy atom. The van der Waals surface area contributed by atoms with Crippen molar-refractivity contribution in [2.45, 2.75) is 212 Å². The van der Waals surface area contributed by atoms with Gasteiger partial charge in [0.2, 0.25) is 0 Å². The van der Waals surface area contributed by atoms with Crippen LogP contribution in [0.3, 0.4) is 0 Å². The minimum Gasteiger partial charge on any atom is -0.462 e. The monoisotopic (exact) mass is 840 g/mol. The molecule has 3 atom stereocenters. The molecule has 338 valence electrons. The van der Waals surface area contributed by atoms with Crippen LogP contribution in [-0.4, -0.2) is 60.5 Å². The van der Waals surface area contributed by atoms with E-state index in [-0.39, 0.29) is 32.6 Å². The van der Waals surface area contributed by atoms with E-state index in [9.17, 15) is 24.2 Å². The first-order chi connectivity index (χ1) is 28.2. The van der Waals surface area contributed by atoms with Crippen molar-refractivity contribution in [3.8, 4) is 0 Å². The molecule has 0 aliphatic rings. The molecule has 0 aliphatic carbocycles. The molecule has 0 spiro atoms. The van der Waals surface area contributed by atoms with Crippen molar-refractivity contribution in [1.82, 2.24) is 0 Å². The maximum absolute atomic E-state index is 12.6. The molecule has 0 saturated heterocycles. The number of unbranched alkanes of at least 4 members (excludes halogenated alkanes) is 21. The Bertz CT molecular complexity index is 1110. The molecule has 0 amide bonds. The Hall–Kier alpha value is -2.07. The molecular weight excluding hydrogens is 753 g/mol. The third kappa shape index (κ3) is 42.1. The summed E-state index contributed by atoms with van der Waals surface area (Å²) in [6.45, 7) is 3.50. The van der Waals surface area contributed by atoms with Crippen LogP contribution in [0.1, 0.15) is 200 Å². The topological polar surface area (TPSA) is 155 Å². The van der Waals surface area contributed by atoms with E-state index in [2.05, 4.69) is 38.2 Å². The highest BCUT2D eigenvalue weighted by molar-refractivity contribution is 7.47. The second-order valence-corrected chi connectivity index (χ2v) is 16.9. The summed E-state index contributed by atoms with van der Waals surface area (Å²) in [5.74, 6) is -1.03. The molecule has 0 aromatic rings. The molecular formula is C47H86NO9P. The average molecular weight is 840 g/mol. The van der Waals surface area contributed by atoms with E-state index in [1.165, 1.54) is 116 Å². The van der Waals surface area contributed by atoms with Crippen LogP contribution in [0.25, 0.3) is 0 Å². The molecule has 1 unspecified atom stereocenters. The van der Waals surface area contributed by atoms with Gasteiger partial charge in [-0.1, -0.05) is 191 Å². The lowest BCUT2D eigenvalue weighted by atomic mass is 10.0. The minimum atomic E-state index is -4.43. The number of carbonyl (C=O) groups excluding carboxylic acids is 2. The maximum atomic E-state index is 12.6. The Balaban J connectivity index is 4.27. The van der Waals surface area contributed by atoms with Crippen molar-refractivity contribution in [3.05, 3.63) is 48.6 Å². The minimum absolute atomic E-state index is 0.00282. The summed E-state index contributed by atoms with van der Waals surface area (Å²) in [6, 6.07) is 0. The fraction of sp³-hybridized carbons (Fsp3) is 0.787. The van der Waals surface area contributed by atoms with Crippen molar-refractivity contribution >= 4 is 19.8 Å². The molecule has 58 heavy (non-hydrogen) atoms. The number of esters is 2. The number of ether oxygens (including phenoxy) is 2. The molecule has 0 bridgehead atoms. The van der Waals surface area contributed by atoms with Gasteiger partial charge in [0.25, 0.3) is 0 Å². The summed E-state index contributed by atoms with van der Waals surface area (Å²) in [7, 11) is -4.43. The smallest absolute Gasteiger partial charge is 0.462 e. The molecule has 0 aromatic heterocycles. The largest absolute Gasteiger partial charge is 0.472 e. The van der Waals surface area contributed by atoms with Crippen molar-refractivity contribution in [1.29, 1.82) is 0 Å². The number of hydrogen-bond donors (Lipinski definition) is 3. The first kappa shape index (κ1) is 55.9. The van der Waals surface area contributed by atoms with Crippen LogP contribution in [0.4, 0.5) is 0 Å². The number of rotatable bonds is 43. The molecule has 0 saturated carbocycles. The van der Waals surface area contributed by atoms with Crippen LogP contribution < -0.4 is 5.73 Å².